The molecular weight excluding hydrogens is 256 g/mol. The lowest BCUT2D eigenvalue weighted by Crippen LogP contribution is -2.47. The fourth-order valence-corrected chi connectivity index (χ4v) is 2.76. The Morgan fingerprint density at radius 3 is 2.70 bits per heavy atom. The highest BCUT2D eigenvalue weighted by atomic mass is 16.4. The zero-order chi connectivity index (χ0) is 15.0. The molecule has 2 unspecified atom stereocenters. The summed E-state index contributed by atoms with van der Waals surface area (Å²) >= 11 is 0. The normalized spacial score (nSPS) is 20.5. The van der Waals surface area contributed by atoms with Gasteiger partial charge in [0.1, 0.15) is 0 Å². The van der Waals surface area contributed by atoms with E-state index in [-0.39, 0.29) is 12.5 Å². The van der Waals surface area contributed by atoms with Crippen LogP contribution in [0.4, 0.5) is 4.79 Å². The lowest BCUT2D eigenvalue weighted by Gasteiger charge is -2.33. The van der Waals surface area contributed by atoms with Crippen LogP contribution < -0.4 is 5.32 Å². The SMILES string of the molecule is CCC(CCNC(=O)N1CCCCC1C)CCC(=O)O. The smallest absolute Gasteiger partial charge is 0.317 e. The van der Waals surface area contributed by atoms with Crippen molar-refractivity contribution < 1.29 is 14.7 Å². The number of likely N-dealkylation sites (tertiary alicyclic amines) is 1. The van der Waals surface area contributed by atoms with Crippen LogP contribution >= 0.6 is 0 Å². The topological polar surface area (TPSA) is 69.6 Å². The van der Waals surface area contributed by atoms with Gasteiger partial charge >= 0.3 is 12.0 Å². The van der Waals surface area contributed by atoms with E-state index < -0.39 is 5.97 Å². The van der Waals surface area contributed by atoms with E-state index in [9.17, 15) is 9.59 Å². The van der Waals surface area contributed by atoms with Crippen LogP contribution in [-0.4, -0.2) is 41.1 Å². The Morgan fingerprint density at radius 2 is 2.10 bits per heavy atom. The number of rotatable bonds is 7. The Morgan fingerprint density at radius 1 is 1.35 bits per heavy atom. The van der Waals surface area contributed by atoms with Crippen molar-refractivity contribution in [2.45, 2.75) is 64.8 Å². The molecule has 116 valence electrons. The molecule has 1 rings (SSSR count). The lowest BCUT2D eigenvalue weighted by molar-refractivity contribution is -0.137. The van der Waals surface area contributed by atoms with Crippen molar-refractivity contribution >= 4 is 12.0 Å². The van der Waals surface area contributed by atoms with Crippen molar-refractivity contribution in [1.82, 2.24) is 10.2 Å². The van der Waals surface area contributed by atoms with Gasteiger partial charge in [-0.15, -0.1) is 0 Å². The fourth-order valence-electron chi connectivity index (χ4n) is 2.76. The molecule has 0 radical (unpaired) electrons. The average molecular weight is 284 g/mol. The summed E-state index contributed by atoms with van der Waals surface area (Å²) in [7, 11) is 0. The number of nitrogens with one attached hydrogen (secondary N) is 1. The number of nitrogens with zero attached hydrogens (tertiary/aromatic N) is 1. The monoisotopic (exact) mass is 284 g/mol. The minimum absolute atomic E-state index is 0.0327. The van der Waals surface area contributed by atoms with Gasteiger partial charge in [-0.3, -0.25) is 4.79 Å². The zero-order valence-corrected chi connectivity index (χ0v) is 12.7. The van der Waals surface area contributed by atoms with Crippen molar-refractivity contribution in [2.24, 2.45) is 5.92 Å². The first-order valence-corrected chi connectivity index (χ1v) is 7.80. The highest BCUT2D eigenvalue weighted by Crippen LogP contribution is 2.17. The molecule has 2 N–H and O–H groups in total. The second-order valence-electron chi connectivity index (χ2n) is 5.77. The van der Waals surface area contributed by atoms with Crippen LogP contribution in [0, 0.1) is 5.92 Å². The minimum Gasteiger partial charge on any atom is -0.481 e. The van der Waals surface area contributed by atoms with E-state index in [0.717, 1.165) is 32.2 Å². The molecule has 1 aliphatic rings. The summed E-state index contributed by atoms with van der Waals surface area (Å²) in [4.78, 5) is 24.6. The molecule has 2 amide bonds. The Bertz CT molecular complexity index is 320. The summed E-state index contributed by atoms with van der Waals surface area (Å²) in [6, 6.07) is 0.364. The predicted molar refractivity (Wildman–Crippen MR) is 78.7 cm³/mol. The number of urea groups is 1. The number of aliphatic carboxylic acids is 1. The molecule has 2 atom stereocenters. The van der Waals surface area contributed by atoms with E-state index in [0.29, 0.717) is 24.9 Å². The van der Waals surface area contributed by atoms with Crippen LogP contribution in [0.5, 0.6) is 0 Å². The van der Waals surface area contributed by atoms with E-state index >= 15 is 0 Å². The third-order valence-electron chi connectivity index (χ3n) is 4.24. The molecular formula is C15H28N2O3. The van der Waals surface area contributed by atoms with E-state index in [4.69, 9.17) is 5.11 Å². The molecule has 5 nitrogen and oxygen atoms in total. The largest absolute Gasteiger partial charge is 0.481 e. The van der Waals surface area contributed by atoms with E-state index in [1.165, 1.54) is 6.42 Å². The van der Waals surface area contributed by atoms with Gasteiger partial charge in [-0.25, -0.2) is 4.79 Å². The summed E-state index contributed by atoms with van der Waals surface area (Å²) in [5.41, 5.74) is 0. The number of carboxylic acids is 1. The molecule has 20 heavy (non-hydrogen) atoms. The summed E-state index contributed by atoms with van der Waals surface area (Å²) in [6.07, 6.45) is 6.12. The van der Waals surface area contributed by atoms with Gasteiger partial charge in [-0.05, 0) is 44.9 Å². The molecule has 1 fully saturated rings. The van der Waals surface area contributed by atoms with Crippen LogP contribution in [-0.2, 0) is 4.79 Å². The summed E-state index contributed by atoms with van der Waals surface area (Å²) in [5.74, 6) is -0.361. The molecule has 5 heteroatoms. The Hall–Kier alpha value is -1.26. The maximum Gasteiger partial charge on any atom is 0.317 e. The van der Waals surface area contributed by atoms with Gasteiger partial charge in [0, 0.05) is 25.6 Å². The third-order valence-corrected chi connectivity index (χ3v) is 4.24. The van der Waals surface area contributed by atoms with Crippen molar-refractivity contribution in [3.8, 4) is 0 Å². The summed E-state index contributed by atoms with van der Waals surface area (Å²) < 4.78 is 0. The molecule has 0 saturated carbocycles. The Labute approximate surface area is 121 Å². The van der Waals surface area contributed by atoms with Crippen LogP contribution in [0.2, 0.25) is 0 Å². The predicted octanol–water partition coefficient (Wildman–Crippen LogP) is 2.85. The van der Waals surface area contributed by atoms with Crippen molar-refractivity contribution in [2.75, 3.05) is 13.1 Å². The van der Waals surface area contributed by atoms with Gasteiger partial charge in [-0.1, -0.05) is 13.3 Å². The second-order valence-corrected chi connectivity index (χ2v) is 5.77. The van der Waals surface area contributed by atoms with Gasteiger partial charge in [-0.2, -0.15) is 0 Å². The van der Waals surface area contributed by atoms with Crippen LogP contribution in [0.3, 0.4) is 0 Å². The number of carbonyl (C=O) groups is 2. The maximum absolute atomic E-state index is 12.1. The highest BCUT2D eigenvalue weighted by Gasteiger charge is 2.22. The number of carbonyl (C=O) groups excluding carboxylic acids is 1. The van der Waals surface area contributed by atoms with Gasteiger partial charge < -0.3 is 15.3 Å². The van der Waals surface area contributed by atoms with Crippen LogP contribution in [0.25, 0.3) is 0 Å². The fraction of sp³-hybridized carbons (Fsp3) is 0.867. The van der Waals surface area contributed by atoms with Crippen LogP contribution in [0.1, 0.15) is 58.8 Å². The van der Waals surface area contributed by atoms with E-state index in [1.807, 2.05) is 4.90 Å². The van der Waals surface area contributed by atoms with E-state index in [1.54, 1.807) is 0 Å². The molecule has 1 aliphatic heterocycles. The first-order chi connectivity index (χ1) is 9.54. The van der Waals surface area contributed by atoms with Gasteiger partial charge in [0.05, 0.1) is 0 Å². The molecule has 0 aromatic rings. The first kappa shape index (κ1) is 16.8. The number of hydrogen-bond donors (Lipinski definition) is 2. The van der Waals surface area contributed by atoms with Crippen molar-refractivity contribution in [1.29, 1.82) is 0 Å². The molecule has 0 bridgehead atoms. The molecule has 0 aromatic carbocycles. The standard InChI is InChI=1S/C15H28N2O3/c1-3-13(7-8-14(18)19)9-10-16-15(20)17-11-5-4-6-12(17)2/h12-13H,3-11H2,1-2H3,(H,16,20)(H,18,19). The van der Waals surface area contributed by atoms with Crippen LogP contribution in [0.15, 0.2) is 0 Å². The molecule has 0 aromatic heterocycles. The highest BCUT2D eigenvalue weighted by molar-refractivity contribution is 5.74. The van der Waals surface area contributed by atoms with Gasteiger partial charge in [0.15, 0.2) is 0 Å². The minimum atomic E-state index is -0.741. The number of piperidine rings is 1. The molecule has 0 spiro atoms. The Kier molecular flexibility index (Phi) is 7.41. The van der Waals surface area contributed by atoms with E-state index in [2.05, 4.69) is 19.2 Å². The molecule has 1 saturated heterocycles. The quantitative estimate of drug-likeness (QED) is 0.755. The zero-order valence-electron chi connectivity index (χ0n) is 12.7. The number of amides is 2. The number of hydrogen-bond acceptors (Lipinski definition) is 2. The first-order valence-electron chi connectivity index (χ1n) is 7.80. The second kappa shape index (κ2) is 8.82. The molecule has 1 heterocycles. The summed E-state index contributed by atoms with van der Waals surface area (Å²) in [5, 5.41) is 11.7. The molecule has 0 aliphatic carbocycles. The Balaban J connectivity index is 2.24. The van der Waals surface area contributed by atoms with Gasteiger partial charge in [0.2, 0.25) is 0 Å². The summed E-state index contributed by atoms with van der Waals surface area (Å²) in [6.45, 7) is 5.66. The van der Waals surface area contributed by atoms with Gasteiger partial charge in [0.25, 0.3) is 0 Å². The maximum atomic E-state index is 12.1. The third kappa shape index (κ3) is 5.80. The number of carboxylic acid groups (broad SMARTS) is 1. The van der Waals surface area contributed by atoms with Crippen molar-refractivity contribution in [3.63, 3.8) is 0 Å². The average Bonchev–Trinajstić information content (AvgIpc) is 2.42. The lowest BCUT2D eigenvalue weighted by atomic mass is 9.97. The van der Waals surface area contributed by atoms with Crippen molar-refractivity contribution in [3.05, 3.63) is 0 Å².